The van der Waals surface area contributed by atoms with E-state index in [2.05, 4.69) is 26.1 Å². The highest BCUT2D eigenvalue weighted by Crippen LogP contribution is 2.26. The molecule has 1 saturated carbocycles. The molecule has 0 aromatic rings. The summed E-state index contributed by atoms with van der Waals surface area (Å²) in [4.78, 5) is 0. The molecule has 1 rings (SSSR count). The Morgan fingerprint density at radius 1 is 1.00 bits per heavy atom. The van der Waals surface area contributed by atoms with Crippen LogP contribution in [-0.4, -0.2) is 39.0 Å². The van der Waals surface area contributed by atoms with Crippen molar-refractivity contribution in [3.63, 3.8) is 0 Å². The molecule has 19 heavy (non-hydrogen) atoms. The topological polar surface area (TPSA) is 30.5 Å². The van der Waals surface area contributed by atoms with Gasteiger partial charge in [0.05, 0.1) is 19.8 Å². The molecule has 1 N–H and O–H groups in total. The van der Waals surface area contributed by atoms with Gasteiger partial charge in [-0.3, -0.25) is 0 Å². The highest BCUT2D eigenvalue weighted by Gasteiger charge is 2.22. The molecule has 1 fully saturated rings. The Kier molecular flexibility index (Phi) is 9.48. The Bertz CT molecular complexity index is 203. The van der Waals surface area contributed by atoms with Gasteiger partial charge in [-0.25, -0.2) is 0 Å². The first-order valence-electron chi connectivity index (χ1n) is 8.13. The van der Waals surface area contributed by atoms with E-state index >= 15 is 0 Å². The number of nitrogens with one attached hydrogen (secondary N) is 1. The standard InChI is InChI=1S/C16H33NO2/c1-4-17-16(15-8-6-5-7-9-15)13-19-11-10-18-12-14(2)3/h14-17H,4-13H2,1-3H3. The maximum atomic E-state index is 5.80. The van der Waals surface area contributed by atoms with Crippen molar-refractivity contribution >= 4 is 0 Å². The van der Waals surface area contributed by atoms with Crippen LogP contribution in [0.1, 0.15) is 52.9 Å². The molecule has 0 aliphatic heterocycles. The molecule has 114 valence electrons. The number of rotatable bonds is 10. The number of hydrogen-bond donors (Lipinski definition) is 1. The molecular formula is C16H33NO2. The quantitative estimate of drug-likeness (QED) is 0.619. The van der Waals surface area contributed by atoms with Gasteiger partial charge in [0.15, 0.2) is 0 Å². The molecule has 0 aromatic carbocycles. The molecule has 0 spiro atoms. The Hall–Kier alpha value is -0.120. The molecule has 1 unspecified atom stereocenters. The van der Waals surface area contributed by atoms with Crippen molar-refractivity contribution in [2.45, 2.75) is 58.9 Å². The average Bonchev–Trinajstić information content (AvgIpc) is 2.42. The maximum absolute atomic E-state index is 5.80. The second-order valence-corrected chi connectivity index (χ2v) is 6.11. The second-order valence-electron chi connectivity index (χ2n) is 6.11. The van der Waals surface area contributed by atoms with Crippen LogP contribution in [0.2, 0.25) is 0 Å². The highest BCUT2D eigenvalue weighted by atomic mass is 16.5. The molecule has 0 heterocycles. The Balaban J connectivity index is 2.11. The minimum absolute atomic E-state index is 0.537. The molecule has 3 heteroatoms. The third-order valence-electron chi connectivity index (χ3n) is 3.81. The van der Waals surface area contributed by atoms with Gasteiger partial charge in [0, 0.05) is 12.6 Å². The molecule has 0 amide bonds. The van der Waals surface area contributed by atoms with E-state index < -0.39 is 0 Å². The van der Waals surface area contributed by atoms with Gasteiger partial charge in [0.1, 0.15) is 0 Å². The fraction of sp³-hybridized carbons (Fsp3) is 1.00. The van der Waals surface area contributed by atoms with Crippen molar-refractivity contribution in [2.24, 2.45) is 11.8 Å². The third-order valence-corrected chi connectivity index (χ3v) is 3.81. The molecule has 1 aliphatic carbocycles. The van der Waals surface area contributed by atoms with Crippen LogP contribution in [0.5, 0.6) is 0 Å². The van der Waals surface area contributed by atoms with Crippen molar-refractivity contribution < 1.29 is 9.47 Å². The van der Waals surface area contributed by atoms with E-state index in [1.165, 1.54) is 32.1 Å². The van der Waals surface area contributed by atoms with Gasteiger partial charge in [-0.15, -0.1) is 0 Å². The van der Waals surface area contributed by atoms with Crippen LogP contribution in [0, 0.1) is 11.8 Å². The van der Waals surface area contributed by atoms with Gasteiger partial charge >= 0.3 is 0 Å². The van der Waals surface area contributed by atoms with E-state index in [9.17, 15) is 0 Å². The van der Waals surface area contributed by atoms with Crippen LogP contribution < -0.4 is 5.32 Å². The van der Waals surface area contributed by atoms with Crippen LogP contribution in [0.15, 0.2) is 0 Å². The van der Waals surface area contributed by atoms with E-state index in [1.54, 1.807) is 0 Å². The van der Waals surface area contributed by atoms with Crippen molar-refractivity contribution in [1.82, 2.24) is 5.32 Å². The van der Waals surface area contributed by atoms with Crippen molar-refractivity contribution in [3.05, 3.63) is 0 Å². The SMILES string of the molecule is CCNC(COCCOCC(C)C)C1CCCCC1. The number of likely N-dealkylation sites (N-methyl/N-ethyl adjacent to an activating group) is 1. The summed E-state index contributed by atoms with van der Waals surface area (Å²) in [5.74, 6) is 1.42. The summed E-state index contributed by atoms with van der Waals surface area (Å²) in [5.41, 5.74) is 0. The third kappa shape index (κ3) is 7.91. The van der Waals surface area contributed by atoms with Gasteiger partial charge in [0.2, 0.25) is 0 Å². The number of hydrogen-bond acceptors (Lipinski definition) is 3. The maximum Gasteiger partial charge on any atom is 0.0701 e. The smallest absolute Gasteiger partial charge is 0.0701 e. The zero-order valence-corrected chi connectivity index (χ0v) is 13.1. The molecule has 1 atom stereocenters. The summed E-state index contributed by atoms with van der Waals surface area (Å²) in [6.07, 6.45) is 6.93. The summed E-state index contributed by atoms with van der Waals surface area (Å²) in [5, 5.41) is 3.60. The highest BCUT2D eigenvalue weighted by molar-refractivity contribution is 4.78. The second kappa shape index (κ2) is 10.6. The first kappa shape index (κ1) is 16.9. The molecule has 1 aliphatic rings. The monoisotopic (exact) mass is 271 g/mol. The minimum atomic E-state index is 0.537. The van der Waals surface area contributed by atoms with E-state index in [-0.39, 0.29) is 0 Å². The van der Waals surface area contributed by atoms with E-state index in [0.29, 0.717) is 12.0 Å². The van der Waals surface area contributed by atoms with Gasteiger partial charge in [-0.2, -0.15) is 0 Å². The van der Waals surface area contributed by atoms with E-state index in [4.69, 9.17) is 9.47 Å². The minimum Gasteiger partial charge on any atom is -0.379 e. The zero-order valence-electron chi connectivity index (χ0n) is 13.1. The summed E-state index contributed by atoms with van der Waals surface area (Å²) < 4.78 is 11.3. The van der Waals surface area contributed by atoms with Crippen LogP contribution >= 0.6 is 0 Å². The van der Waals surface area contributed by atoms with Crippen LogP contribution in [0.25, 0.3) is 0 Å². The van der Waals surface area contributed by atoms with Crippen molar-refractivity contribution in [1.29, 1.82) is 0 Å². The van der Waals surface area contributed by atoms with Crippen molar-refractivity contribution in [3.8, 4) is 0 Å². The lowest BCUT2D eigenvalue weighted by molar-refractivity contribution is 0.0222. The summed E-state index contributed by atoms with van der Waals surface area (Å²) >= 11 is 0. The van der Waals surface area contributed by atoms with Gasteiger partial charge < -0.3 is 14.8 Å². The average molecular weight is 271 g/mol. The molecule has 0 aromatic heterocycles. The lowest BCUT2D eigenvalue weighted by Crippen LogP contribution is -2.41. The Morgan fingerprint density at radius 2 is 1.63 bits per heavy atom. The van der Waals surface area contributed by atoms with E-state index in [1.807, 2.05) is 0 Å². The summed E-state index contributed by atoms with van der Waals surface area (Å²) in [6.45, 7) is 10.7. The molecule has 0 radical (unpaired) electrons. The Morgan fingerprint density at radius 3 is 2.21 bits per heavy atom. The lowest BCUT2D eigenvalue weighted by atomic mass is 9.84. The van der Waals surface area contributed by atoms with Crippen molar-refractivity contribution in [2.75, 3.05) is 33.0 Å². The van der Waals surface area contributed by atoms with Gasteiger partial charge in [-0.05, 0) is 31.2 Å². The molecule has 0 bridgehead atoms. The van der Waals surface area contributed by atoms with E-state index in [0.717, 1.165) is 38.9 Å². The van der Waals surface area contributed by atoms with Crippen LogP contribution in [0.4, 0.5) is 0 Å². The van der Waals surface area contributed by atoms with Crippen LogP contribution in [-0.2, 0) is 9.47 Å². The number of ether oxygens (including phenoxy) is 2. The predicted molar refractivity (Wildman–Crippen MR) is 80.5 cm³/mol. The predicted octanol–water partition coefficient (Wildman–Crippen LogP) is 3.23. The normalized spacial score (nSPS) is 18.9. The lowest BCUT2D eigenvalue weighted by Gasteiger charge is -2.30. The molecule has 3 nitrogen and oxygen atoms in total. The van der Waals surface area contributed by atoms with Crippen LogP contribution in [0.3, 0.4) is 0 Å². The Labute approximate surface area is 119 Å². The first-order valence-corrected chi connectivity index (χ1v) is 8.13. The molecular weight excluding hydrogens is 238 g/mol. The fourth-order valence-electron chi connectivity index (χ4n) is 2.81. The van der Waals surface area contributed by atoms with Gasteiger partial charge in [-0.1, -0.05) is 40.0 Å². The zero-order chi connectivity index (χ0) is 13.9. The van der Waals surface area contributed by atoms with Gasteiger partial charge in [0.25, 0.3) is 0 Å². The fourth-order valence-corrected chi connectivity index (χ4v) is 2.81. The largest absolute Gasteiger partial charge is 0.379 e. The summed E-state index contributed by atoms with van der Waals surface area (Å²) in [7, 11) is 0. The molecule has 0 saturated heterocycles. The summed E-state index contributed by atoms with van der Waals surface area (Å²) in [6, 6.07) is 0.537. The first-order chi connectivity index (χ1) is 9.24.